The SMILES string of the molecule is Cc1cc(C(C)(C)S(=O)(=O)Cl)ccc1F. The highest BCUT2D eigenvalue weighted by molar-refractivity contribution is 8.14. The van der Waals surface area contributed by atoms with Gasteiger partial charge < -0.3 is 0 Å². The van der Waals surface area contributed by atoms with Gasteiger partial charge >= 0.3 is 0 Å². The Labute approximate surface area is 93.5 Å². The molecule has 0 atom stereocenters. The molecule has 84 valence electrons. The summed E-state index contributed by atoms with van der Waals surface area (Å²) in [5, 5.41) is 0. The molecule has 1 rings (SSSR count). The summed E-state index contributed by atoms with van der Waals surface area (Å²) in [6, 6.07) is 4.17. The van der Waals surface area contributed by atoms with Crippen molar-refractivity contribution in [2.75, 3.05) is 0 Å². The lowest BCUT2D eigenvalue weighted by molar-refractivity contribution is 0.568. The molecule has 0 heterocycles. The molecule has 0 amide bonds. The van der Waals surface area contributed by atoms with Crippen molar-refractivity contribution < 1.29 is 12.8 Å². The number of hydrogen-bond donors (Lipinski definition) is 0. The molecular weight excluding hydrogens is 239 g/mol. The number of aryl methyl sites for hydroxylation is 1. The van der Waals surface area contributed by atoms with Gasteiger partial charge in [0, 0.05) is 10.7 Å². The number of rotatable bonds is 2. The van der Waals surface area contributed by atoms with Crippen LogP contribution in [-0.4, -0.2) is 8.42 Å². The Morgan fingerprint density at radius 3 is 2.27 bits per heavy atom. The minimum Gasteiger partial charge on any atom is -0.211 e. The summed E-state index contributed by atoms with van der Waals surface area (Å²) in [6.45, 7) is 4.56. The van der Waals surface area contributed by atoms with E-state index in [9.17, 15) is 12.8 Å². The molecule has 0 spiro atoms. The smallest absolute Gasteiger partial charge is 0.211 e. The molecule has 15 heavy (non-hydrogen) atoms. The molecular formula is C10H12ClFO2S. The van der Waals surface area contributed by atoms with Crippen molar-refractivity contribution in [1.82, 2.24) is 0 Å². The van der Waals surface area contributed by atoms with Gasteiger partial charge in [0.15, 0.2) is 0 Å². The molecule has 0 fully saturated rings. The molecule has 0 aliphatic heterocycles. The highest BCUT2D eigenvalue weighted by Crippen LogP contribution is 2.33. The molecule has 0 aliphatic rings. The van der Waals surface area contributed by atoms with Gasteiger partial charge in [0.05, 0.1) is 0 Å². The molecule has 0 N–H and O–H groups in total. The maximum atomic E-state index is 13.0. The van der Waals surface area contributed by atoms with Gasteiger partial charge in [0.25, 0.3) is 0 Å². The molecule has 0 aliphatic carbocycles. The van der Waals surface area contributed by atoms with Gasteiger partial charge in [0.2, 0.25) is 9.05 Å². The van der Waals surface area contributed by atoms with E-state index in [0.29, 0.717) is 11.1 Å². The zero-order valence-electron chi connectivity index (χ0n) is 8.71. The van der Waals surface area contributed by atoms with Gasteiger partial charge in [-0.3, -0.25) is 0 Å². The van der Waals surface area contributed by atoms with Gasteiger partial charge in [-0.15, -0.1) is 0 Å². The van der Waals surface area contributed by atoms with Crippen LogP contribution in [0.25, 0.3) is 0 Å². The third-order valence-electron chi connectivity index (χ3n) is 2.46. The molecule has 1 aromatic carbocycles. The molecule has 0 radical (unpaired) electrons. The predicted molar refractivity (Wildman–Crippen MR) is 58.9 cm³/mol. The summed E-state index contributed by atoms with van der Waals surface area (Å²) in [5.74, 6) is -0.360. The number of hydrogen-bond acceptors (Lipinski definition) is 2. The summed E-state index contributed by atoms with van der Waals surface area (Å²) in [7, 11) is 1.59. The first-order valence-electron chi connectivity index (χ1n) is 4.37. The predicted octanol–water partition coefficient (Wildman–Crippen LogP) is 2.94. The largest absolute Gasteiger partial charge is 0.241 e. The maximum Gasteiger partial charge on any atom is 0.241 e. The molecule has 2 nitrogen and oxygen atoms in total. The average Bonchev–Trinajstić information content (AvgIpc) is 2.07. The summed E-state index contributed by atoms with van der Waals surface area (Å²) >= 11 is 0. The number of benzene rings is 1. The van der Waals surface area contributed by atoms with Crippen LogP contribution in [0, 0.1) is 12.7 Å². The first-order valence-corrected chi connectivity index (χ1v) is 6.68. The second-order valence-corrected chi connectivity index (χ2v) is 7.03. The average molecular weight is 251 g/mol. The van der Waals surface area contributed by atoms with Crippen LogP contribution >= 0.6 is 10.7 Å². The van der Waals surface area contributed by atoms with Crippen LogP contribution in [0.5, 0.6) is 0 Å². The third kappa shape index (κ3) is 2.32. The van der Waals surface area contributed by atoms with E-state index < -0.39 is 13.8 Å². The second kappa shape index (κ2) is 3.76. The van der Waals surface area contributed by atoms with Crippen LogP contribution in [0.4, 0.5) is 4.39 Å². The third-order valence-corrected chi connectivity index (χ3v) is 5.07. The van der Waals surface area contributed by atoms with Crippen LogP contribution in [0.3, 0.4) is 0 Å². The molecule has 0 saturated carbocycles. The molecule has 0 bridgehead atoms. The zero-order valence-corrected chi connectivity index (χ0v) is 10.3. The summed E-state index contributed by atoms with van der Waals surface area (Å²) < 4.78 is 34.4. The van der Waals surface area contributed by atoms with Gasteiger partial charge in [-0.2, -0.15) is 0 Å². The normalized spacial score (nSPS) is 12.9. The molecule has 1 aromatic rings. The highest BCUT2D eigenvalue weighted by atomic mass is 35.7. The minimum atomic E-state index is -3.74. The first kappa shape index (κ1) is 12.5. The number of halogens is 2. The molecule has 0 saturated heterocycles. The van der Waals surface area contributed by atoms with Gasteiger partial charge in [-0.25, -0.2) is 12.8 Å². The fourth-order valence-corrected chi connectivity index (χ4v) is 1.84. The van der Waals surface area contributed by atoms with E-state index >= 15 is 0 Å². The lowest BCUT2D eigenvalue weighted by Crippen LogP contribution is -2.25. The van der Waals surface area contributed by atoms with E-state index in [1.807, 2.05) is 0 Å². The highest BCUT2D eigenvalue weighted by Gasteiger charge is 2.34. The van der Waals surface area contributed by atoms with Crippen LogP contribution in [0.2, 0.25) is 0 Å². The van der Waals surface area contributed by atoms with E-state index in [1.165, 1.54) is 32.0 Å². The molecule has 0 aromatic heterocycles. The van der Waals surface area contributed by atoms with Crippen LogP contribution < -0.4 is 0 Å². The van der Waals surface area contributed by atoms with E-state index in [2.05, 4.69) is 0 Å². The van der Waals surface area contributed by atoms with Crippen LogP contribution in [-0.2, 0) is 13.8 Å². The first-order chi connectivity index (χ1) is 6.66. The Morgan fingerprint density at radius 1 is 1.33 bits per heavy atom. The van der Waals surface area contributed by atoms with Gasteiger partial charge in [-0.1, -0.05) is 12.1 Å². The van der Waals surface area contributed by atoms with Gasteiger partial charge in [-0.05, 0) is 38.0 Å². The Bertz CT molecular complexity index is 480. The van der Waals surface area contributed by atoms with Crippen molar-refractivity contribution in [3.63, 3.8) is 0 Å². The fourth-order valence-electron chi connectivity index (χ4n) is 1.16. The van der Waals surface area contributed by atoms with Crippen molar-refractivity contribution in [3.05, 3.63) is 35.1 Å². The quantitative estimate of drug-likeness (QED) is 0.757. The summed E-state index contributed by atoms with van der Waals surface area (Å²) in [5.41, 5.74) is 0.886. The summed E-state index contributed by atoms with van der Waals surface area (Å²) in [4.78, 5) is 0. The Kier molecular flexibility index (Phi) is 3.12. The Morgan fingerprint density at radius 2 is 1.87 bits per heavy atom. The summed E-state index contributed by atoms with van der Waals surface area (Å²) in [6.07, 6.45) is 0. The van der Waals surface area contributed by atoms with Crippen molar-refractivity contribution in [3.8, 4) is 0 Å². The Hall–Kier alpha value is -0.610. The molecule has 0 unspecified atom stereocenters. The fraction of sp³-hybridized carbons (Fsp3) is 0.400. The monoisotopic (exact) mass is 250 g/mol. The van der Waals surface area contributed by atoms with Gasteiger partial charge in [0.1, 0.15) is 10.6 Å². The minimum absolute atomic E-state index is 0.360. The van der Waals surface area contributed by atoms with Crippen molar-refractivity contribution in [1.29, 1.82) is 0 Å². The lowest BCUT2D eigenvalue weighted by Gasteiger charge is -2.21. The second-order valence-electron chi connectivity index (χ2n) is 3.91. The van der Waals surface area contributed by atoms with Crippen molar-refractivity contribution >= 4 is 19.7 Å². The molecule has 5 heteroatoms. The van der Waals surface area contributed by atoms with E-state index in [4.69, 9.17) is 10.7 Å². The van der Waals surface area contributed by atoms with Crippen molar-refractivity contribution in [2.24, 2.45) is 0 Å². The zero-order chi connectivity index (χ0) is 11.9. The van der Waals surface area contributed by atoms with Crippen LogP contribution in [0.1, 0.15) is 25.0 Å². The maximum absolute atomic E-state index is 13.0. The standard InChI is InChI=1S/C10H12ClFO2S/c1-7-6-8(4-5-9(7)12)10(2,3)15(11,13)14/h4-6H,1-3H3. The topological polar surface area (TPSA) is 34.1 Å². The van der Waals surface area contributed by atoms with Crippen molar-refractivity contribution in [2.45, 2.75) is 25.5 Å². The van der Waals surface area contributed by atoms with E-state index in [0.717, 1.165) is 0 Å². The van der Waals surface area contributed by atoms with E-state index in [1.54, 1.807) is 6.92 Å². The Balaban J connectivity index is 3.35. The van der Waals surface area contributed by atoms with E-state index in [-0.39, 0.29) is 5.82 Å². The lowest BCUT2D eigenvalue weighted by atomic mass is 10.0. The van der Waals surface area contributed by atoms with Crippen LogP contribution in [0.15, 0.2) is 18.2 Å².